The fourth-order valence-electron chi connectivity index (χ4n) is 4.15. The molecule has 3 N–H and O–H groups in total. The van der Waals surface area contributed by atoms with Crippen molar-refractivity contribution in [2.24, 2.45) is 5.92 Å². The minimum Gasteiger partial charge on any atom is -0.383 e. The molecule has 2 aromatic rings. The molecule has 1 aliphatic carbocycles. The molecule has 0 unspecified atom stereocenters. The zero-order valence-corrected chi connectivity index (χ0v) is 18.2. The van der Waals surface area contributed by atoms with Crippen LogP contribution in [0.3, 0.4) is 0 Å². The van der Waals surface area contributed by atoms with E-state index in [0.29, 0.717) is 31.0 Å². The van der Waals surface area contributed by atoms with Crippen LogP contribution < -0.4 is 16.0 Å². The molecule has 0 radical (unpaired) electrons. The molecule has 2 aromatic carbocycles. The van der Waals surface area contributed by atoms with Crippen molar-refractivity contribution in [3.8, 4) is 0 Å². The first-order valence-electron chi connectivity index (χ1n) is 11.3. The van der Waals surface area contributed by atoms with Crippen LogP contribution in [0.1, 0.15) is 44.1 Å². The summed E-state index contributed by atoms with van der Waals surface area (Å²) in [6, 6.07) is 11.3. The molecular weight excluding hydrogens is 412 g/mol. The quantitative estimate of drug-likeness (QED) is 0.482. The van der Waals surface area contributed by atoms with Crippen LogP contribution in [0, 0.1) is 17.6 Å². The number of nitrogens with one attached hydrogen (secondary N) is 3. The highest BCUT2D eigenvalue weighted by Crippen LogP contribution is 2.27. The van der Waals surface area contributed by atoms with Crippen molar-refractivity contribution < 1.29 is 18.4 Å². The molecule has 1 fully saturated rings. The fraction of sp³-hybridized carbons (Fsp3) is 0.440. The Labute approximate surface area is 188 Å². The lowest BCUT2D eigenvalue weighted by Crippen LogP contribution is -2.49. The minimum atomic E-state index is -0.620. The van der Waals surface area contributed by atoms with Gasteiger partial charge in [-0.15, -0.1) is 0 Å². The number of rotatable bonds is 10. The van der Waals surface area contributed by atoms with Gasteiger partial charge in [-0.1, -0.05) is 44.2 Å². The van der Waals surface area contributed by atoms with E-state index in [-0.39, 0.29) is 29.9 Å². The summed E-state index contributed by atoms with van der Waals surface area (Å²) >= 11 is 0. The van der Waals surface area contributed by atoms with Gasteiger partial charge in [-0.25, -0.2) is 8.78 Å². The van der Waals surface area contributed by atoms with Gasteiger partial charge in [0.1, 0.15) is 17.7 Å². The van der Waals surface area contributed by atoms with Crippen molar-refractivity contribution in [3.63, 3.8) is 0 Å². The lowest BCUT2D eigenvalue weighted by molar-refractivity contribution is -0.129. The number of carbonyl (C=O) groups excluding carboxylic acids is 2. The van der Waals surface area contributed by atoms with Crippen LogP contribution in [0.5, 0.6) is 0 Å². The summed E-state index contributed by atoms with van der Waals surface area (Å²) in [5.41, 5.74) is 1.34. The summed E-state index contributed by atoms with van der Waals surface area (Å²) in [5.74, 6) is -0.796. The van der Waals surface area contributed by atoms with Gasteiger partial charge < -0.3 is 16.0 Å². The van der Waals surface area contributed by atoms with E-state index in [0.717, 1.165) is 31.4 Å². The van der Waals surface area contributed by atoms with Crippen LogP contribution in [-0.4, -0.2) is 30.9 Å². The summed E-state index contributed by atoms with van der Waals surface area (Å²) in [5, 5.41) is 8.87. The van der Waals surface area contributed by atoms with Crippen LogP contribution in [0.25, 0.3) is 0 Å². The maximum absolute atomic E-state index is 13.4. The van der Waals surface area contributed by atoms with Crippen LogP contribution in [-0.2, 0) is 16.0 Å². The largest absolute Gasteiger partial charge is 0.383 e. The van der Waals surface area contributed by atoms with Crippen molar-refractivity contribution >= 4 is 17.5 Å². The number of anilines is 1. The Morgan fingerprint density at radius 1 is 0.938 bits per heavy atom. The van der Waals surface area contributed by atoms with E-state index < -0.39 is 6.04 Å². The Hall–Kier alpha value is -2.96. The summed E-state index contributed by atoms with van der Waals surface area (Å²) in [6.07, 6.45) is 6.28. The molecule has 7 heteroatoms. The number of halogens is 2. The third kappa shape index (κ3) is 7.94. The van der Waals surface area contributed by atoms with E-state index in [9.17, 15) is 18.4 Å². The number of carbonyl (C=O) groups is 2. The number of hydrogen-bond acceptors (Lipinski definition) is 3. The van der Waals surface area contributed by atoms with Crippen molar-refractivity contribution in [3.05, 3.63) is 65.7 Å². The van der Waals surface area contributed by atoms with Crippen molar-refractivity contribution in [1.82, 2.24) is 10.6 Å². The second-order valence-electron chi connectivity index (χ2n) is 8.39. The second-order valence-corrected chi connectivity index (χ2v) is 8.39. The predicted molar refractivity (Wildman–Crippen MR) is 121 cm³/mol. The van der Waals surface area contributed by atoms with Crippen LogP contribution in [0.4, 0.5) is 14.5 Å². The monoisotopic (exact) mass is 443 g/mol. The van der Waals surface area contributed by atoms with Crippen LogP contribution in [0.2, 0.25) is 0 Å². The molecule has 172 valence electrons. The lowest BCUT2D eigenvalue weighted by atomic mass is 9.84. The SMILES string of the molecule is O=C(Cc1cccc(F)c1)N[C@@H](CC1CCCCC1)C(=O)NCCNc1ccc(F)cc1. The Balaban J connectivity index is 1.52. The van der Waals surface area contributed by atoms with E-state index in [2.05, 4.69) is 16.0 Å². The maximum atomic E-state index is 13.4. The van der Waals surface area contributed by atoms with Gasteiger partial charge in [-0.3, -0.25) is 9.59 Å². The lowest BCUT2D eigenvalue weighted by Gasteiger charge is -2.26. The van der Waals surface area contributed by atoms with Gasteiger partial charge in [0, 0.05) is 18.8 Å². The average Bonchev–Trinajstić information content (AvgIpc) is 2.78. The molecule has 0 heterocycles. The molecule has 0 saturated heterocycles. The second kappa shape index (κ2) is 12.2. The summed E-state index contributed by atoms with van der Waals surface area (Å²) in [4.78, 5) is 25.4. The maximum Gasteiger partial charge on any atom is 0.242 e. The van der Waals surface area contributed by atoms with E-state index in [4.69, 9.17) is 0 Å². The Bertz CT molecular complexity index is 883. The fourth-order valence-corrected chi connectivity index (χ4v) is 4.15. The zero-order chi connectivity index (χ0) is 22.8. The van der Waals surface area contributed by atoms with Gasteiger partial charge in [0.2, 0.25) is 11.8 Å². The molecule has 0 bridgehead atoms. The first-order chi connectivity index (χ1) is 15.5. The highest BCUT2D eigenvalue weighted by Gasteiger charge is 2.25. The summed E-state index contributed by atoms with van der Waals surface area (Å²) in [7, 11) is 0. The van der Waals surface area contributed by atoms with E-state index in [1.54, 1.807) is 24.3 Å². The Kier molecular flexibility index (Phi) is 9.01. The Morgan fingerprint density at radius 3 is 2.41 bits per heavy atom. The number of benzene rings is 2. The van der Waals surface area contributed by atoms with E-state index >= 15 is 0 Å². The topological polar surface area (TPSA) is 70.2 Å². The molecule has 2 amide bonds. The molecule has 32 heavy (non-hydrogen) atoms. The van der Waals surface area contributed by atoms with Crippen LogP contribution in [0.15, 0.2) is 48.5 Å². The molecule has 3 rings (SSSR count). The van der Waals surface area contributed by atoms with Gasteiger partial charge in [-0.05, 0) is 54.3 Å². The normalized spacial score (nSPS) is 15.1. The molecule has 1 saturated carbocycles. The molecular formula is C25H31F2N3O2. The molecule has 5 nitrogen and oxygen atoms in total. The first kappa shape index (κ1) is 23.7. The first-order valence-corrected chi connectivity index (χ1v) is 11.3. The summed E-state index contributed by atoms with van der Waals surface area (Å²) < 4.78 is 26.4. The van der Waals surface area contributed by atoms with Crippen molar-refractivity contribution in [1.29, 1.82) is 0 Å². The standard InChI is InChI=1S/C25H31F2N3O2/c26-20-9-11-22(12-10-20)28-13-14-29-25(32)23(16-18-5-2-1-3-6-18)30-24(31)17-19-7-4-8-21(27)15-19/h4,7-12,15,18,23,28H,1-3,5-6,13-14,16-17H2,(H,29,32)(H,30,31)/t23-/m0/s1. The highest BCUT2D eigenvalue weighted by atomic mass is 19.1. The zero-order valence-electron chi connectivity index (χ0n) is 18.2. The molecule has 0 aliphatic heterocycles. The Morgan fingerprint density at radius 2 is 1.69 bits per heavy atom. The van der Waals surface area contributed by atoms with Gasteiger partial charge in [0.25, 0.3) is 0 Å². The smallest absolute Gasteiger partial charge is 0.242 e. The summed E-state index contributed by atoms with van der Waals surface area (Å²) in [6.45, 7) is 0.849. The van der Waals surface area contributed by atoms with E-state index in [1.165, 1.54) is 30.7 Å². The van der Waals surface area contributed by atoms with E-state index in [1.807, 2.05) is 0 Å². The number of amides is 2. The number of hydrogen-bond donors (Lipinski definition) is 3. The van der Waals surface area contributed by atoms with Gasteiger partial charge in [-0.2, -0.15) is 0 Å². The molecule has 0 spiro atoms. The average molecular weight is 444 g/mol. The molecule has 0 aromatic heterocycles. The minimum absolute atomic E-state index is 0.0261. The third-order valence-corrected chi connectivity index (χ3v) is 5.80. The van der Waals surface area contributed by atoms with Gasteiger partial charge in [0.05, 0.1) is 6.42 Å². The predicted octanol–water partition coefficient (Wildman–Crippen LogP) is 4.19. The van der Waals surface area contributed by atoms with Gasteiger partial charge in [0.15, 0.2) is 0 Å². The van der Waals surface area contributed by atoms with Crippen molar-refractivity contribution in [2.45, 2.75) is 51.0 Å². The molecule has 1 atom stereocenters. The van der Waals surface area contributed by atoms with Crippen molar-refractivity contribution in [2.75, 3.05) is 18.4 Å². The molecule has 1 aliphatic rings. The highest BCUT2D eigenvalue weighted by molar-refractivity contribution is 5.88. The van der Waals surface area contributed by atoms with Crippen LogP contribution >= 0.6 is 0 Å². The third-order valence-electron chi connectivity index (χ3n) is 5.80. The van der Waals surface area contributed by atoms with Gasteiger partial charge >= 0.3 is 0 Å².